The molecule has 0 heterocycles. The first-order valence-electron chi connectivity index (χ1n) is 7.66. The molecule has 3 heteroatoms. The lowest BCUT2D eigenvalue weighted by Crippen LogP contribution is -2.27. The van der Waals surface area contributed by atoms with Crippen molar-refractivity contribution in [1.29, 1.82) is 0 Å². The lowest BCUT2D eigenvalue weighted by molar-refractivity contribution is 0.00674. The summed E-state index contributed by atoms with van der Waals surface area (Å²) in [5, 5.41) is 8.93. The minimum atomic E-state index is -0.619. The van der Waals surface area contributed by atoms with Crippen LogP contribution in [0.15, 0.2) is 70.9 Å². The van der Waals surface area contributed by atoms with E-state index in [1.54, 1.807) is 7.11 Å². The molecule has 0 aliphatic rings. The highest BCUT2D eigenvalue weighted by molar-refractivity contribution is 5.17. The Balaban J connectivity index is 1.98. The van der Waals surface area contributed by atoms with E-state index in [2.05, 4.69) is 41.4 Å². The van der Waals surface area contributed by atoms with Gasteiger partial charge in [-0.3, -0.25) is 0 Å². The molecule has 0 spiro atoms. The van der Waals surface area contributed by atoms with Crippen molar-refractivity contribution in [3.63, 3.8) is 0 Å². The minimum Gasteiger partial charge on any atom is -0.355 e. The van der Waals surface area contributed by atoms with Gasteiger partial charge >= 0.3 is 0 Å². The third-order valence-electron chi connectivity index (χ3n) is 3.66. The number of methoxy groups -OCH3 is 1. The standard InChI is InChI=1S/C19H24N2O/c1-16(14-17-10-6-4-7-11-17)20-21-19(2,22-3)15-18-12-8-5-9-13-18/h4-13,16H,14-15H2,1-3H3/b21-20+. The fourth-order valence-electron chi connectivity index (χ4n) is 2.34. The van der Waals surface area contributed by atoms with E-state index in [-0.39, 0.29) is 6.04 Å². The summed E-state index contributed by atoms with van der Waals surface area (Å²) >= 11 is 0. The quantitative estimate of drug-likeness (QED) is 0.683. The summed E-state index contributed by atoms with van der Waals surface area (Å²) in [5.41, 5.74) is 1.85. The van der Waals surface area contributed by atoms with Crippen molar-refractivity contribution in [3.8, 4) is 0 Å². The molecular formula is C19H24N2O. The van der Waals surface area contributed by atoms with Crippen molar-refractivity contribution in [2.75, 3.05) is 7.11 Å². The number of azo groups is 1. The number of benzene rings is 2. The lowest BCUT2D eigenvalue weighted by atomic mass is 10.0. The number of nitrogens with zero attached hydrogens (tertiary/aromatic N) is 2. The Morgan fingerprint density at radius 2 is 1.50 bits per heavy atom. The van der Waals surface area contributed by atoms with Gasteiger partial charge in [0.05, 0.1) is 6.04 Å². The van der Waals surface area contributed by atoms with Crippen LogP contribution in [-0.2, 0) is 17.6 Å². The molecule has 22 heavy (non-hydrogen) atoms. The molecule has 0 amide bonds. The maximum absolute atomic E-state index is 5.58. The molecule has 2 atom stereocenters. The van der Waals surface area contributed by atoms with Gasteiger partial charge in [-0.2, -0.15) is 10.2 Å². The second-order valence-corrected chi connectivity index (χ2v) is 5.80. The summed E-state index contributed by atoms with van der Waals surface area (Å²) in [6, 6.07) is 20.7. The molecule has 3 nitrogen and oxygen atoms in total. The highest BCUT2D eigenvalue weighted by Gasteiger charge is 2.23. The molecule has 2 aromatic rings. The van der Waals surface area contributed by atoms with Crippen LogP contribution < -0.4 is 0 Å². The molecule has 0 bridgehead atoms. The van der Waals surface area contributed by atoms with Crippen molar-refractivity contribution >= 4 is 0 Å². The van der Waals surface area contributed by atoms with Gasteiger partial charge in [0.25, 0.3) is 0 Å². The van der Waals surface area contributed by atoms with Crippen LogP contribution in [-0.4, -0.2) is 18.9 Å². The van der Waals surface area contributed by atoms with Gasteiger partial charge in [-0.05, 0) is 31.4 Å². The van der Waals surface area contributed by atoms with Crippen molar-refractivity contribution < 1.29 is 4.74 Å². The molecule has 0 fully saturated rings. The van der Waals surface area contributed by atoms with Crippen LogP contribution in [0.25, 0.3) is 0 Å². The molecule has 2 aromatic carbocycles. The van der Waals surface area contributed by atoms with E-state index in [1.165, 1.54) is 11.1 Å². The molecule has 0 aliphatic heterocycles. The number of ether oxygens (including phenoxy) is 1. The zero-order valence-electron chi connectivity index (χ0n) is 13.6. The molecule has 2 unspecified atom stereocenters. The SMILES string of the molecule is COC(C)(Cc1ccccc1)/N=N/C(C)Cc1ccccc1. The Morgan fingerprint density at radius 3 is 2.05 bits per heavy atom. The molecule has 0 N–H and O–H groups in total. The first-order chi connectivity index (χ1) is 10.6. The average Bonchev–Trinajstić information content (AvgIpc) is 2.55. The summed E-state index contributed by atoms with van der Waals surface area (Å²) in [6.45, 7) is 4.05. The van der Waals surface area contributed by atoms with Crippen LogP contribution >= 0.6 is 0 Å². The largest absolute Gasteiger partial charge is 0.355 e. The highest BCUT2D eigenvalue weighted by Crippen LogP contribution is 2.20. The van der Waals surface area contributed by atoms with E-state index in [4.69, 9.17) is 4.74 Å². The first kappa shape index (κ1) is 16.4. The van der Waals surface area contributed by atoms with E-state index in [1.807, 2.05) is 43.3 Å². The van der Waals surface area contributed by atoms with Crippen molar-refractivity contribution in [1.82, 2.24) is 0 Å². The summed E-state index contributed by atoms with van der Waals surface area (Å²) in [4.78, 5) is 0. The monoisotopic (exact) mass is 296 g/mol. The molecule has 2 rings (SSSR count). The molecule has 116 valence electrons. The van der Waals surface area contributed by atoms with E-state index in [0.29, 0.717) is 6.42 Å². The Labute approximate surface area is 133 Å². The van der Waals surface area contributed by atoms with Gasteiger partial charge in [-0.1, -0.05) is 60.7 Å². The highest BCUT2D eigenvalue weighted by atomic mass is 16.5. The zero-order valence-corrected chi connectivity index (χ0v) is 13.6. The minimum absolute atomic E-state index is 0.132. The van der Waals surface area contributed by atoms with Gasteiger partial charge in [0, 0.05) is 13.5 Å². The maximum atomic E-state index is 5.58. The third kappa shape index (κ3) is 5.08. The van der Waals surface area contributed by atoms with Crippen LogP contribution in [0.5, 0.6) is 0 Å². The van der Waals surface area contributed by atoms with Crippen LogP contribution in [0.1, 0.15) is 25.0 Å². The molecular weight excluding hydrogens is 272 g/mol. The van der Waals surface area contributed by atoms with Crippen molar-refractivity contribution in [3.05, 3.63) is 71.8 Å². The van der Waals surface area contributed by atoms with Crippen LogP contribution in [0.2, 0.25) is 0 Å². The van der Waals surface area contributed by atoms with E-state index < -0.39 is 5.72 Å². The second-order valence-electron chi connectivity index (χ2n) is 5.80. The lowest BCUT2D eigenvalue weighted by Gasteiger charge is -2.22. The summed E-state index contributed by atoms with van der Waals surface area (Å²) in [5.74, 6) is 0. The fraction of sp³-hybridized carbons (Fsp3) is 0.368. The Morgan fingerprint density at radius 1 is 0.955 bits per heavy atom. The average molecular weight is 296 g/mol. The van der Waals surface area contributed by atoms with Crippen LogP contribution in [0, 0.1) is 0 Å². The fourth-order valence-corrected chi connectivity index (χ4v) is 2.34. The van der Waals surface area contributed by atoms with Gasteiger partial charge in [-0.25, -0.2) is 0 Å². The summed E-state index contributed by atoms with van der Waals surface area (Å²) < 4.78 is 5.58. The predicted molar refractivity (Wildman–Crippen MR) is 90.0 cm³/mol. The number of rotatable bonds is 7. The van der Waals surface area contributed by atoms with Crippen molar-refractivity contribution in [2.24, 2.45) is 10.2 Å². The van der Waals surface area contributed by atoms with E-state index >= 15 is 0 Å². The second kappa shape index (κ2) is 7.85. The van der Waals surface area contributed by atoms with Gasteiger partial charge in [0.1, 0.15) is 0 Å². The molecule has 0 aliphatic carbocycles. The Kier molecular flexibility index (Phi) is 5.84. The zero-order chi connectivity index (χ0) is 15.8. The Bertz CT molecular complexity index is 583. The van der Waals surface area contributed by atoms with Crippen LogP contribution in [0.4, 0.5) is 0 Å². The summed E-state index contributed by atoms with van der Waals surface area (Å²) in [6.07, 6.45) is 1.60. The first-order valence-corrected chi connectivity index (χ1v) is 7.66. The predicted octanol–water partition coefficient (Wildman–Crippen LogP) is 4.68. The molecule has 0 saturated heterocycles. The maximum Gasteiger partial charge on any atom is 0.179 e. The number of hydrogen-bond donors (Lipinski definition) is 0. The van der Waals surface area contributed by atoms with Crippen molar-refractivity contribution in [2.45, 2.75) is 38.5 Å². The number of hydrogen-bond acceptors (Lipinski definition) is 3. The van der Waals surface area contributed by atoms with E-state index in [0.717, 1.165) is 6.42 Å². The van der Waals surface area contributed by atoms with Gasteiger partial charge in [0.2, 0.25) is 0 Å². The summed E-state index contributed by atoms with van der Waals surface area (Å²) in [7, 11) is 1.68. The molecule has 0 radical (unpaired) electrons. The molecule has 0 saturated carbocycles. The van der Waals surface area contributed by atoms with Gasteiger partial charge in [0.15, 0.2) is 5.72 Å². The van der Waals surface area contributed by atoms with Gasteiger partial charge in [-0.15, -0.1) is 0 Å². The topological polar surface area (TPSA) is 34.0 Å². The molecule has 0 aromatic heterocycles. The van der Waals surface area contributed by atoms with Gasteiger partial charge < -0.3 is 4.74 Å². The van der Waals surface area contributed by atoms with Crippen LogP contribution in [0.3, 0.4) is 0 Å². The Hall–Kier alpha value is -2.00. The van der Waals surface area contributed by atoms with E-state index in [9.17, 15) is 0 Å². The normalized spacial score (nSPS) is 15.6. The smallest absolute Gasteiger partial charge is 0.179 e. The third-order valence-corrected chi connectivity index (χ3v) is 3.66.